The van der Waals surface area contributed by atoms with E-state index in [1.54, 1.807) is 0 Å². The third-order valence-corrected chi connectivity index (χ3v) is 2.98. The molecule has 0 bridgehead atoms. The number of nitrogens with zero attached hydrogens (tertiary/aromatic N) is 1. The standard InChI is InChI=1S/C14H23N/c1-4-5-13(7-6-12(2)3)10-14-8-9-15-11-14/h8-9,11,13-14H,2,4-7,10H2,1,3H3. The van der Waals surface area contributed by atoms with E-state index in [-0.39, 0.29) is 0 Å². The minimum Gasteiger partial charge on any atom is -0.269 e. The summed E-state index contributed by atoms with van der Waals surface area (Å²) in [5, 5.41) is 0. The molecule has 1 heteroatoms. The normalized spacial score (nSPS) is 20.8. The quantitative estimate of drug-likeness (QED) is 0.547. The molecular formula is C14H23N. The van der Waals surface area contributed by atoms with Crippen LogP contribution in [0.1, 0.15) is 46.0 Å². The van der Waals surface area contributed by atoms with Crippen LogP contribution < -0.4 is 0 Å². The first kappa shape index (κ1) is 12.2. The first-order chi connectivity index (χ1) is 7.22. The topological polar surface area (TPSA) is 12.4 Å². The van der Waals surface area contributed by atoms with E-state index in [0.29, 0.717) is 5.92 Å². The molecule has 1 aliphatic heterocycles. The van der Waals surface area contributed by atoms with Crippen LogP contribution in [0.5, 0.6) is 0 Å². The van der Waals surface area contributed by atoms with Gasteiger partial charge in [-0.25, -0.2) is 0 Å². The molecule has 0 aliphatic carbocycles. The molecule has 1 heterocycles. The molecule has 1 aliphatic rings. The number of aliphatic imine (C=N–C) groups is 1. The van der Waals surface area contributed by atoms with E-state index in [4.69, 9.17) is 0 Å². The Morgan fingerprint density at radius 3 is 2.80 bits per heavy atom. The molecule has 0 amide bonds. The average molecular weight is 205 g/mol. The van der Waals surface area contributed by atoms with E-state index in [9.17, 15) is 0 Å². The molecule has 84 valence electrons. The number of hydrogen-bond donors (Lipinski definition) is 0. The summed E-state index contributed by atoms with van der Waals surface area (Å²) in [5.41, 5.74) is 1.31. The van der Waals surface area contributed by atoms with Crippen LogP contribution in [0.15, 0.2) is 29.4 Å². The maximum Gasteiger partial charge on any atom is 0.0230 e. The summed E-state index contributed by atoms with van der Waals surface area (Å²) in [6.07, 6.45) is 12.6. The van der Waals surface area contributed by atoms with Crippen LogP contribution in [0.25, 0.3) is 0 Å². The van der Waals surface area contributed by atoms with Gasteiger partial charge in [0.25, 0.3) is 0 Å². The number of rotatable bonds is 7. The second-order valence-corrected chi connectivity index (χ2v) is 4.69. The lowest BCUT2D eigenvalue weighted by molar-refractivity contribution is 0.401. The van der Waals surface area contributed by atoms with Gasteiger partial charge in [-0.2, -0.15) is 0 Å². The molecule has 0 spiro atoms. The highest BCUT2D eigenvalue weighted by Crippen LogP contribution is 2.25. The molecule has 0 radical (unpaired) electrons. The van der Waals surface area contributed by atoms with E-state index in [2.05, 4.69) is 37.7 Å². The highest BCUT2D eigenvalue weighted by Gasteiger charge is 2.14. The van der Waals surface area contributed by atoms with Gasteiger partial charge in [-0.1, -0.05) is 31.4 Å². The zero-order valence-electron chi connectivity index (χ0n) is 10.1. The van der Waals surface area contributed by atoms with Gasteiger partial charge in [-0.3, -0.25) is 4.99 Å². The van der Waals surface area contributed by atoms with E-state index >= 15 is 0 Å². The van der Waals surface area contributed by atoms with Crippen LogP contribution >= 0.6 is 0 Å². The number of allylic oxidation sites excluding steroid dienone is 2. The summed E-state index contributed by atoms with van der Waals surface area (Å²) in [4.78, 5) is 4.15. The van der Waals surface area contributed by atoms with Crippen molar-refractivity contribution < 1.29 is 0 Å². The summed E-state index contributed by atoms with van der Waals surface area (Å²) in [6, 6.07) is 0. The van der Waals surface area contributed by atoms with Crippen LogP contribution in [-0.2, 0) is 0 Å². The lowest BCUT2D eigenvalue weighted by atomic mass is 9.87. The van der Waals surface area contributed by atoms with Crippen LogP contribution in [-0.4, -0.2) is 6.21 Å². The lowest BCUT2D eigenvalue weighted by Crippen LogP contribution is -2.07. The van der Waals surface area contributed by atoms with Gasteiger partial charge in [0.1, 0.15) is 0 Å². The van der Waals surface area contributed by atoms with Crippen LogP contribution in [0.3, 0.4) is 0 Å². The van der Waals surface area contributed by atoms with Crippen LogP contribution in [0.2, 0.25) is 0 Å². The van der Waals surface area contributed by atoms with Crippen molar-refractivity contribution >= 4 is 6.21 Å². The fraction of sp³-hybridized carbons (Fsp3) is 0.643. The highest BCUT2D eigenvalue weighted by molar-refractivity contribution is 5.66. The fourth-order valence-electron chi connectivity index (χ4n) is 2.13. The number of hydrogen-bond acceptors (Lipinski definition) is 1. The Hall–Kier alpha value is -0.850. The molecule has 2 unspecified atom stereocenters. The SMILES string of the molecule is C=C(C)CCC(CCC)CC1C=CN=C1. The Morgan fingerprint density at radius 2 is 2.27 bits per heavy atom. The van der Waals surface area contributed by atoms with Crippen molar-refractivity contribution in [2.75, 3.05) is 0 Å². The van der Waals surface area contributed by atoms with Crippen molar-refractivity contribution in [3.05, 3.63) is 24.4 Å². The van der Waals surface area contributed by atoms with Crippen molar-refractivity contribution in [3.8, 4) is 0 Å². The predicted molar refractivity (Wildman–Crippen MR) is 68.2 cm³/mol. The molecule has 0 aromatic heterocycles. The van der Waals surface area contributed by atoms with E-state index in [1.807, 2.05) is 6.20 Å². The highest BCUT2D eigenvalue weighted by atomic mass is 14.7. The van der Waals surface area contributed by atoms with Gasteiger partial charge in [0.15, 0.2) is 0 Å². The zero-order chi connectivity index (χ0) is 11.1. The first-order valence-corrected chi connectivity index (χ1v) is 6.06. The van der Waals surface area contributed by atoms with Gasteiger partial charge < -0.3 is 0 Å². The molecule has 0 aromatic carbocycles. The summed E-state index contributed by atoms with van der Waals surface area (Å²) in [7, 11) is 0. The minimum absolute atomic E-state index is 0.590. The minimum atomic E-state index is 0.590. The predicted octanol–water partition coefficient (Wildman–Crippen LogP) is 4.36. The molecule has 1 rings (SSSR count). The maximum absolute atomic E-state index is 4.15. The first-order valence-electron chi connectivity index (χ1n) is 6.06. The molecule has 1 nitrogen and oxygen atoms in total. The monoisotopic (exact) mass is 205 g/mol. The Bertz CT molecular complexity index is 238. The van der Waals surface area contributed by atoms with Crippen LogP contribution in [0, 0.1) is 11.8 Å². The van der Waals surface area contributed by atoms with Gasteiger partial charge in [0.05, 0.1) is 0 Å². The van der Waals surface area contributed by atoms with Gasteiger partial charge >= 0.3 is 0 Å². The average Bonchev–Trinajstić information content (AvgIpc) is 2.67. The molecule has 0 N–H and O–H groups in total. The van der Waals surface area contributed by atoms with E-state index in [0.717, 1.165) is 5.92 Å². The summed E-state index contributed by atoms with van der Waals surface area (Å²) < 4.78 is 0. The second-order valence-electron chi connectivity index (χ2n) is 4.69. The smallest absolute Gasteiger partial charge is 0.0230 e. The van der Waals surface area contributed by atoms with Crippen molar-refractivity contribution in [1.29, 1.82) is 0 Å². The Kier molecular flexibility index (Phi) is 5.38. The molecule has 2 atom stereocenters. The van der Waals surface area contributed by atoms with Crippen molar-refractivity contribution in [2.45, 2.75) is 46.0 Å². The molecule has 15 heavy (non-hydrogen) atoms. The maximum atomic E-state index is 4.15. The Morgan fingerprint density at radius 1 is 1.47 bits per heavy atom. The third kappa shape index (κ3) is 4.96. The Labute approximate surface area is 94.0 Å². The summed E-state index contributed by atoms with van der Waals surface area (Å²) in [6.45, 7) is 8.37. The summed E-state index contributed by atoms with van der Waals surface area (Å²) in [5.74, 6) is 1.43. The van der Waals surface area contributed by atoms with Crippen molar-refractivity contribution in [3.63, 3.8) is 0 Å². The fourth-order valence-corrected chi connectivity index (χ4v) is 2.13. The summed E-state index contributed by atoms with van der Waals surface area (Å²) >= 11 is 0. The molecule has 0 fully saturated rings. The van der Waals surface area contributed by atoms with Crippen molar-refractivity contribution in [2.24, 2.45) is 16.8 Å². The van der Waals surface area contributed by atoms with Gasteiger partial charge in [0.2, 0.25) is 0 Å². The zero-order valence-corrected chi connectivity index (χ0v) is 10.1. The van der Waals surface area contributed by atoms with Gasteiger partial charge in [-0.15, -0.1) is 6.58 Å². The Balaban J connectivity index is 2.32. The third-order valence-electron chi connectivity index (χ3n) is 2.98. The molecule has 0 aromatic rings. The molecular weight excluding hydrogens is 182 g/mol. The second kappa shape index (κ2) is 6.60. The lowest BCUT2D eigenvalue weighted by Gasteiger charge is -2.17. The van der Waals surface area contributed by atoms with E-state index in [1.165, 1.54) is 37.7 Å². The largest absolute Gasteiger partial charge is 0.269 e. The van der Waals surface area contributed by atoms with E-state index < -0.39 is 0 Å². The van der Waals surface area contributed by atoms with Gasteiger partial charge in [0, 0.05) is 18.3 Å². The molecule has 0 saturated heterocycles. The van der Waals surface area contributed by atoms with Crippen molar-refractivity contribution in [1.82, 2.24) is 0 Å². The van der Waals surface area contributed by atoms with Gasteiger partial charge in [-0.05, 0) is 32.1 Å². The molecule has 0 saturated carbocycles. The van der Waals surface area contributed by atoms with Crippen LogP contribution in [0.4, 0.5) is 0 Å².